The molecule has 0 unspecified atom stereocenters. The number of aliphatic hydroxyl groups excluding tert-OH is 1. The fourth-order valence-corrected chi connectivity index (χ4v) is 1.86. The molecule has 5 nitrogen and oxygen atoms in total. The van der Waals surface area contributed by atoms with Crippen LogP contribution in [0.4, 0.5) is 0 Å². The molecular formula is C9H11BrN4O. The number of aryl methyl sites for hydroxylation is 2. The molecule has 0 aliphatic rings. The molecule has 2 aromatic heterocycles. The summed E-state index contributed by atoms with van der Waals surface area (Å²) in [5.74, 6) is 0.792. The highest BCUT2D eigenvalue weighted by molar-refractivity contribution is 9.10. The van der Waals surface area contributed by atoms with Gasteiger partial charge in [-0.1, -0.05) is 0 Å². The average Bonchev–Trinajstić information content (AvgIpc) is 2.70. The third-order valence-electron chi connectivity index (χ3n) is 2.24. The second kappa shape index (κ2) is 3.79. The quantitative estimate of drug-likeness (QED) is 0.892. The molecule has 0 amide bonds. The van der Waals surface area contributed by atoms with Crippen molar-refractivity contribution in [3.63, 3.8) is 0 Å². The van der Waals surface area contributed by atoms with Crippen LogP contribution >= 0.6 is 15.9 Å². The van der Waals surface area contributed by atoms with E-state index in [2.05, 4.69) is 26.1 Å². The van der Waals surface area contributed by atoms with Crippen molar-refractivity contribution < 1.29 is 5.11 Å². The van der Waals surface area contributed by atoms with E-state index in [1.54, 1.807) is 15.6 Å². The van der Waals surface area contributed by atoms with E-state index < -0.39 is 0 Å². The number of hydrogen-bond acceptors (Lipinski definition) is 3. The van der Waals surface area contributed by atoms with E-state index in [4.69, 9.17) is 0 Å². The SMILES string of the molecule is Cc1nn(C)c(-n2cc(Br)cn2)c1CO. The summed E-state index contributed by atoms with van der Waals surface area (Å²) >= 11 is 3.33. The monoisotopic (exact) mass is 270 g/mol. The Morgan fingerprint density at radius 1 is 1.53 bits per heavy atom. The fourth-order valence-electron chi connectivity index (χ4n) is 1.58. The van der Waals surface area contributed by atoms with E-state index in [1.807, 2.05) is 20.2 Å². The van der Waals surface area contributed by atoms with Crippen molar-refractivity contribution >= 4 is 15.9 Å². The van der Waals surface area contributed by atoms with Crippen LogP contribution in [0.15, 0.2) is 16.9 Å². The van der Waals surface area contributed by atoms with Crippen molar-refractivity contribution in [3.05, 3.63) is 28.1 Å². The lowest BCUT2D eigenvalue weighted by atomic mass is 10.2. The number of halogens is 1. The molecule has 0 radical (unpaired) electrons. The second-order valence-corrected chi connectivity index (χ2v) is 4.19. The summed E-state index contributed by atoms with van der Waals surface area (Å²) in [5.41, 5.74) is 1.62. The summed E-state index contributed by atoms with van der Waals surface area (Å²) < 4.78 is 4.29. The molecule has 0 bridgehead atoms. The van der Waals surface area contributed by atoms with Gasteiger partial charge in [0.1, 0.15) is 0 Å². The molecule has 0 aliphatic carbocycles. The Bertz CT molecular complexity index is 488. The van der Waals surface area contributed by atoms with E-state index in [0.717, 1.165) is 21.5 Å². The lowest BCUT2D eigenvalue weighted by Crippen LogP contribution is -2.05. The lowest BCUT2D eigenvalue weighted by Gasteiger charge is -2.03. The van der Waals surface area contributed by atoms with Crippen molar-refractivity contribution in [1.29, 1.82) is 0 Å². The third-order valence-corrected chi connectivity index (χ3v) is 2.65. The molecular weight excluding hydrogens is 260 g/mol. The normalized spacial score (nSPS) is 10.9. The number of nitrogens with zero attached hydrogens (tertiary/aromatic N) is 4. The number of rotatable bonds is 2. The molecule has 1 N–H and O–H groups in total. The zero-order valence-electron chi connectivity index (χ0n) is 8.48. The number of hydrogen-bond donors (Lipinski definition) is 1. The lowest BCUT2D eigenvalue weighted by molar-refractivity contribution is 0.280. The van der Waals surface area contributed by atoms with Crippen LogP contribution in [0, 0.1) is 6.92 Å². The Labute approximate surface area is 95.5 Å². The van der Waals surface area contributed by atoms with E-state index >= 15 is 0 Å². The van der Waals surface area contributed by atoms with Crippen molar-refractivity contribution in [2.75, 3.05) is 0 Å². The van der Waals surface area contributed by atoms with Crippen LogP contribution in [0.1, 0.15) is 11.3 Å². The molecule has 15 heavy (non-hydrogen) atoms. The summed E-state index contributed by atoms with van der Waals surface area (Å²) in [5, 5.41) is 17.7. The minimum Gasteiger partial charge on any atom is -0.391 e. The van der Waals surface area contributed by atoms with Crippen LogP contribution in [-0.4, -0.2) is 24.7 Å². The van der Waals surface area contributed by atoms with E-state index in [0.29, 0.717) is 0 Å². The highest BCUT2D eigenvalue weighted by atomic mass is 79.9. The first kappa shape index (κ1) is 10.4. The molecule has 2 heterocycles. The minimum absolute atomic E-state index is 0.0352. The highest BCUT2D eigenvalue weighted by Gasteiger charge is 2.14. The third kappa shape index (κ3) is 1.70. The van der Waals surface area contributed by atoms with Crippen LogP contribution in [0.25, 0.3) is 5.82 Å². The Morgan fingerprint density at radius 3 is 2.80 bits per heavy atom. The van der Waals surface area contributed by atoms with Crippen LogP contribution in [0.3, 0.4) is 0 Å². The summed E-state index contributed by atoms with van der Waals surface area (Å²) in [6.45, 7) is 1.83. The van der Waals surface area contributed by atoms with Gasteiger partial charge in [-0.05, 0) is 22.9 Å². The van der Waals surface area contributed by atoms with Crippen LogP contribution in [0.5, 0.6) is 0 Å². The van der Waals surface area contributed by atoms with Gasteiger partial charge in [0.2, 0.25) is 0 Å². The predicted octanol–water partition coefficient (Wildman–Crippen LogP) is 1.17. The van der Waals surface area contributed by atoms with Gasteiger partial charge in [-0.25, -0.2) is 4.68 Å². The molecule has 0 fully saturated rings. The molecule has 0 aliphatic heterocycles. The van der Waals surface area contributed by atoms with Gasteiger partial charge < -0.3 is 5.11 Å². The summed E-state index contributed by atoms with van der Waals surface area (Å²) in [7, 11) is 1.83. The van der Waals surface area contributed by atoms with Crippen molar-refractivity contribution in [3.8, 4) is 5.82 Å². The molecule has 0 aromatic carbocycles. The summed E-state index contributed by atoms with van der Waals surface area (Å²) in [6, 6.07) is 0. The predicted molar refractivity (Wildman–Crippen MR) is 58.7 cm³/mol. The van der Waals surface area contributed by atoms with E-state index in [9.17, 15) is 5.11 Å². The maximum atomic E-state index is 9.27. The highest BCUT2D eigenvalue weighted by Crippen LogP contribution is 2.18. The Kier molecular flexibility index (Phi) is 2.62. The smallest absolute Gasteiger partial charge is 0.157 e. The summed E-state index contributed by atoms with van der Waals surface area (Å²) in [6.07, 6.45) is 3.53. The summed E-state index contributed by atoms with van der Waals surface area (Å²) in [4.78, 5) is 0. The fraction of sp³-hybridized carbons (Fsp3) is 0.333. The van der Waals surface area contributed by atoms with Gasteiger partial charge in [0.05, 0.1) is 23.0 Å². The molecule has 0 spiro atoms. The molecule has 0 saturated heterocycles. The van der Waals surface area contributed by atoms with Gasteiger partial charge in [0.25, 0.3) is 0 Å². The van der Waals surface area contributed by atoms with Gasteiger partial charge in [0.15, 0.2) is 5.82 Å². The first-order chi connectivity index (χ1) is 7.13. The zero-order valence-corrected chi connectivity index (χ0v) is 10.1. The Morgan fingerprint density at radius 2 is 2.27 bits per heavy atom. The van der Waals surface area contributed by atoms with Crippen LogP contribution in [-0.2, 0) is 13.7 Å². The van der Waals surface area contributed by atoms with Gasteiger partial charge >= 0.3 is 0 Å². The number of aromatic nitrogens is 4. The second-order valence-electron chi connectivity index (χ2n) is 3.27. The first-order valence-corrected chi connectivity index (χ1v) is 5.26. The van der Waals surface area contributed by atoms with Crippen LogP contribution in [0.2, 0.25) is 0 Å². The minimum atomic E-state index is -0.0352. The van der Waals surface area contributed by atoms with Gasteiger partial charge in [-0.3, -0.25) is 4.68 Å². The number of aliphatic hydroxyl groups is 1. The van der Waals surface area contributed by atoms with E-state index in [1.165, 1.54) is 0 Å². The average molecular weight is 271 g/mol. The maximum absolute atomic E-state index is 9.27. The van der Waals surface area contributed by atoms with Crippen molar-refractivity contribution in [2.45, 2.75) is 13.5 Å². The first-order valence-electron chi connectivity index (χ1n) is 4.47. The molecule has 2 rings (SSSR count). The largest absolute Gasteiger partial charge is 0.391 e. The Balaban J connectivity index is 2.61. The maximum Gasteiger partial charge on any atom is 0.157 e. The standard InChI is InChI=1S/C9H11BrN4O/c1-6-8(5-15)9(13(2)12-6)14-4-7(10)3-11-14/h3-4,15H,5H2,1-2H3. The zero-order chi connectivity index (χ0) is 11.0. The van der Waals surface area contributed by atoms with Crippen LogP contribution < -0.4 is 0 Å². The molecule has 0 atom stereocenters. The molecule has 6 heteroatoms. The van der Waals surface area contributed by atoms with Crippen molar-refractivity contribution in [1.82, 2.24) is 19.6 Å². The molecule has 80 valence electrons. The molecule has 0 saturated carbocycles. The van der Waals surface area contributed by atoms with Gasteiger partial charge in [-0.15, -0.1) is 0 Å². The van der Waals surface area contributed by atoms with Gasteiger partial charge in [0, 0.05) is 18.8 Å². The van der Waals surface area contributed by atoms with Gasteiger partial charge in [-0.2, -0.15) is 10.2 Å². The molecule has 2 aromatic rings. The topological polar surface area (TPSA) is 55.9 Å². The van der Waals surface area contributed by atoms with Crippen molar-refractivity contribution in [2.24, 2.45) is 7.05 Å². The Hall–Kier alpha value is -1.14. The van der Waals surface area contributed by atoms with E-state index in [-0.39, 0.29) is 6.61 Å².